The Kier molecular flexibility index (Phi) is 5.42. The summed E-state index contributed by atoms with van der Waals surface area (Å²) in [6, 6.07) is 13.3. The number of rotatable bonds is 7. The van der Waals surface area contributed by atoms with Crippen LogP contribution >= 0.6 is 0 Å². The maximum absolute atomic E-state index is 13.2. The van der Waals surface area contributed by atoms with E-state index in [1.165, 1.54) is 12.1 Å². The number of hydrogen-bond donors (Lipinski definition) is 4. The van der Waals surface area contributed by atoms with Gasteiger partial charge in [-0.25, -0.2) is 17.8 Å². The predicted octanol–water partition coefficient (Wildman–Crippen LogP) is 3.86. The summed E-state index contributed by atoms with van der Waals surface area (Å²) in [5.74, 6) is 0.347. The quantitative estimate of drug-likeness (QED) is 0.343. The Morgan fingerprint density at radius 3 is 2.45 bits per heavy atom. The average molecular weight is 441 g/mol. The van der Waals surface area contributed by atoms with Crippen LogP contribution in [0.3, 0.4) is 0 Å². The van der Waals surface area contributed by atoms with Gasteiger partial charge in [-0.15, -0.1) is 0 Å². The fraction of sp³-hybridized carbons (Fsp3) is 0.150. The van der Waals surface area contributed by atoms with Gasteiger partial charge in [0.25, 0.3) is 10.0 Å². The van der Waals surface area contributed by atoms with E-state index in [-0.39, 0.29) is 16.6 Å². The Morgan fingerprint density at radius 1 is 0.968 bits per heavy atom. The smallest absolute Gasteiger partial charge is 0.262 e. The van der Waals surface area contributed by atoms with Crippen LogP contribution in [0.2, 0.25) is 0 Å². The molecule has 0 radical (unpaired) electrons. The van der Waals surface area contributed by atoms with Crippen molar-refractivity contribution in [3.8, 4) is 0 Å². The Balaban J connectivity index is 1.69. The van der Waals surface area contributed by atoms with Crippen molar-refractivity contribution in [2.75, 3.05) is 15.4 Å². The van der Waals surface area contributed by atoms with Gasteiger partial charge in [-0.1, -0.05) is 0 Å². The normalized spacial score (nSPS) is 11.6. The van der Waals surface area contributed by atoms with Gasteiger partial charge in [-0.05, 0) is 68.4 Å². The molecule has 2 heterocycles. The van der Waals surface area contributed by atoms with Crippen LogP contribution in [0.4, 0.5) is 27.4 Å². The van der Waals surface area contributed by atoms with E-state index >= 15 is 0 Å². The van der Waals surface area contributed by atoms with Crippen molar-refractivity contribution in [3.05, 3.63) is 60.4 Å². The van der Waals surface area contributed by atoms with E-state index in [0.29, 0.717) is 28.4 Å². The van der Waals surface area contributed by atoms with E-state index in [9.17, 15) is 12.8 Å². The van der Waals surface area contributed by atoms with Crippen LogP contribution in [0.15, 0.2) is 59.5 Å². The van der Waals surface area contributed by atoms with Crippen molar-refractivity contribution in [3.63, 3.8) is 0 Å². The van der Waals surface area contributed by atoms with Crippen LogP contribution < -0.4 is 15.4 Å². The molecule has 31 heavy (non-hydrogen) atoms. The fourth-order valence-electron chi connectivity index (χ4n) is 2.89. The molecular weight excluding hydrogens is 421 g/mol. The standard InChI is InChI=1S/C20H20FN7O2S/c1-12(2)22-19-10-9-17(27-31(29,30)15-6-3-13(21)4-7-15)20(24-19)23-14-5-8-16-18(11-14)26-28-25-16/h3-12,27H,1-2H3,(H2,22,23,24)(H,25,26,28). The lowest BCUT2D eigenvalue weighted by molar-refractivity contribution is 0.599. The molecular formula is C20H20FN7O2S. The van der Waals surface area contributed by atoms with Gasteiger partial charge in [0, 0.05) is 11.7 Å². The number of fused-ring (bicyclic) bond motifs is 1. The lowest BCUT2D eigenvalue weighted by atomic mass is 10.2. The first-order valence-corrected chi connectivity index (χ1v) is 10.9. The van der Waals surface area contributed by atoms with Crippen molar-refractivity contribution < 1.29 is 12.8 Å². The molecule has 0 fully saturated rings. The number of anilines is 4. The third-order valence-electron chi connectivity index (χ3n) is 4.28. The first-order chi connectivity index (χ1) is 14.8. The predicted molar refractivity (Wildman–Crippen MR) is 117 cm³/mol. The number of pyridine rings is 1. The summed E-state index contributed by atoms with van der Waals surface area (Å²) in [6.45, 7) is 3.94. The minimum absolute atomic E-state index is 0.0618. The number of nitrogens with zero attached hydrogens (tertiary/aromatic N) is 3. The van der Waals surface area contributed by atoms with Crippen LogP contribution in [0.5, 0.6) is 0 Å². The van der Waals surface area contributed by atoms with Gasteiger partial charge in [-0.2, -0.15) is 15.4 Å². The molecule has 4 rings (SSSR count). The van der Waals surface area contributed by atoms with Crippen molar-refractivity contribution in [2.45, 2.75) is 24.8 Å². The molecule has 0 aliphatic heterocycles. The SMILES string of the molecule is CC(C)Nc1ccc(NS(=O)(=O)c2ccc(F)cc2)c(Nc2ccc3n[nH]nc3c2)n1. The van der Waals surface area contributed by atoms with E-state index in [4.69, 9.17) is 0 Å². The van der Waals surface area contributed by atoms with Crippen LogP contribution in [0.25, 0.3) is 11.0 Å². The summed E-state index contributed by atoms with van der Waals surface area (Å²) in [6.07, 6.45) is 0. The highest BCUT2D eigenvalue weighted by Gasteiger charge is 2.18. The van der Waals surface area contributed by atoms with Gasteiger partial charge in [0.2, 0.25) is 0 Å². The van der Waals surface area contributed by atoms with Crippen LogP contribution in [0, 0.1) is 5.82 Å². The van der Waals surface area contributed by atoms with Gasteiger partial charge >= 0.3 is 0 Å². The maximum atomic E-state index is 13.2. The minimum atomic E-state index is -3.95. The highest BCUT2D eigenvalue weighted by Crippen LogP contribution is 2.29. The topological polar surface area (TPSA) is 125 Å². The second kappa shape index (κ2) is 8.19. The number of benzene rings is 2. The zero-order chi connectivity index (χ0) is 22.0. The first-order valence-electron chi connectivity index (χ1n) is 9.44. The van der Waals surface area contributed by atoms with Crippen molar-refractivity contribution >= 4 is 44.1 Å². The minimum Gasteiger partial charge on any atom is -0.368 e. The molecule has 0 aliphatic carbocycles. The molecule has 0 amide bonds. The molecule has 4 aromatic rings. The molecule has 0 saturated carbocycles. The van der Waals surface area contributed by atoms with E-state index in [1.807, 2.05) is 13.8 Å². The number of H-pyrrole nitrogens is 1. The molecule has 0 aliphatic rings. The lowest BCUT2D eigenvalue weighted by Crippen LogP contribution is -2.16. The summed E-state index contributed by atoms with van der Waals surface area (Å²) in [5.41, 5.74) is 2.23. The first kappa shape index (κ1) is 20.5. The van der Waals surface area contributed by atoms with Crippen LogP contribution in [0.1, 0.15) is 13.8 Å². The molecule has 9 nitrogen and oxygen atoms in total. The van der Waals surface area contributed by atoms with E-state index in [1.54, 1.807) is 30.3 Å². The largest absolute Gasteiger partial charge is 0.368 e. The van der Waals surface area contributed by atoms with Crippen molar-refractivity contribution in [1.82, 2.24) is 20.4 Å². The Labute approximate surface area is 178 Å². The van der Waals surface area contributed by atoms with Gasteiger partial charge in [0.15, 0.2) is 5.82 Å². The third kappa shape index (κ3) is 4.72. The van der Waals surface area contributed by atoms with Crippen molar-refractivity contribution in [2.24, 2.45) is 0 Å². The molecule has 11 heteroatoms. The zero-order valence-corrected chi connectivity index (χ0v) is 17.5. The number of sulfonamides is 1. The van der Waals surface area contributed by atoms with Gasteiger partial charge in [0.05, 0.1) is 10.6 Å². The number of aromatic nitrogens is 4. The Hall–Kier alpha value is -3.73. The number of halogens is 1. The van der Waals surface area contributed by atoms with Gasteiger partial charge in [0.1, 0.15) is 22.7 Å². The third-order valence-corrected chi connectivity index (χ3v) is 5.66. The maximum Gasteiger partial charge on any atom is 0.262 e. The van der Waals surface area contributed by atoms with Gasteiger partial charge in [-0.3, -0.25) is 4.72 Å². The summed E-state index contributed by atoms with van der Waals surface area (Å²) in [4.78, 5) is 4.45. The molecule has 0 unspecified atom stereocenters. The summed E-state index contributed by atoms with van der Waals surface area (Å²) in [7, 11) is -3.95. The molecule has 0 atom stereocenters. The number of nitrogens with one attached hydrogen (secondary N) is 4. The highest BCUT2D eigenvalue weighted by atomic mass is 32.2. The molecule has 2 aromatic carbocycles. The molecule has 0 spiro atoms. The number of hydrogen-bond acceptors (Lipinski definition) is 7. The number of aromatic amines is 1. The Morgan fingerprint density at radius 2 is 1.71 bits per heavy atom. The molecule has 0 saturated heterocycles. The second-order valence-electron chi connectivity index (χ2n) is 7.10. The monoisotopic (exact) mass is 441 g/mol. The Bertz CT molecular complexity index is 1320. The lowest BCUT2D eigenvalue weighted by Gasteiger charge is -2.16. The summed E-state index contributed by atoms with van der Waals surface area (Å²) >= 11 is 0. The van der Waals surface area contributed by atoms with Crippen molar-refractivity contribution in [1.29, 1.82) is 0 Å². The van der Waals surface area contributed by atoms with Crippen LogP contribution in [-0.4, -0.2) is 34.9 Å². The second-order valence-corrected chi connectivity index (χ2v) is 8.79. The molecule has 4 N–H and O–H groups in total. The average Bonchev–Trinajstić information content (AvgIpc) is 3.17. The van der Waals surface area contributed by atoms with E-state index < -0.39 is 15.8 Å². The summed E-state index contributed by atoms with van der Waals surface area (Å²) in [5, 5.41) is 16.9. The molecule has 0 bridgehead atoms. The van der Waals surface area contributed by atoms with Crippen LogP contribution in [-0.2, 0) is 10.0 Å². The van der Waals surface area contributed by atoms with E-state index in [0.717, 1.165) is 12.1 Å². The molecule has 2 aromatic heterocycles. The van der Waals surface area contributed by atoms with E-state index in [2.05, 4.69) is 35.8 Å². The molecule has 160 valence electrons. The summed E-state index contributed by atoms with van der Waals surface area (Å²) < 4.78 is 41.3. The highest BCUT2D eigenvalue weighted by molar-refractivity contribution is 7.92. The fourth-order valence-corrected chi connectivity index (χ4v) is 3.95. The zero-order valence-electron chi connectivity index (χ0n) is 16.7. The van der Waals surface area contributed by atoms with Gasteiger partial charge < -0.3 is 10.6 Å².